The third-order valence-electron chi connectivity index (χ3n) is 6.70. The van der Waals surface area contributed by atoms with Crippen molar-refractivity contribution in [3.8, 4) is 0 Å². The van der Waals surface area contributed by atoms with E-state index in [-0.39, 0.29) is 35.9 Å². The van der Waals surface area contributed by atoms with E-state index in [0.29, 0.717) is 17.0 Å². The number of hydrogen-bond donors (Lipinski definition) is 0. The standard InChI is InChI=1S/C24H25N3O3S/c1-24(2,3)14-8-9-17-18(12-14)31-20-19(17)23(30)26(13-25-20)10-11-27-21(28)15-6-4-5-7-16(15)22(27)29/h4-7,13-14H,8-12H2,1-3H3. The van der Waals surface area contributed by atoms with E-state index < -0.39 is 0 Å². The fourth-order valence-electron chi connectivity index (χ4n) is 4.75. The summed E-state index contributed by atoms with van der Waals surface area (Å²) >= 11 is 1.64. The monoisotopic (exact) mass is 435 g/mol. The SMILES string of the molecule is CC(C)(C)C1CCc2c(sc3ncn(CCN4C(=O)c5ccccc5C4=O)c(=O)c23)C1. The van der Waals surface area contributed by atoms with Crippen molar-refractivity contribution in [2.24, 2.45) is 11.3 Å². The normalized spacial score (nSPS) is 18.5. The van der Waals surface area contributed by atoms with Crippen LogP contribution in [0.5, 0.6) is 0 Å². The maximum atomic E-state index is 13.3. The van der Waals surface area contributed by atoms with Crippen LogP contribution in [0.4, 0.5) is 0 Å². The predicted octanol–water partition coefficient (Wildman–Crippen LogP) is 3.91. The van der Waals surface area contributed by atoms with Gasteiger partial charge in [-0.05, 0) is 48.3 Å². The van der Waals surface area contributed by atoms with E-state index in [4.69, 9.17) is 0 Å². The van der Waals surface area contributed by atoms with Gasteiger partial charge in [0.1, 0.15) is 4.83 Å². The molecule has 3 aromatic rings. The van der Waals surface area contributed by atoms with Gasteiger partial charge in [-0.25, -0.2) is 4.98 Å². The van der Waals surface area contributed by atoms with Crippen molar-refractivity contribution in [2.75, 3.05) is 6.54 Å². The molecule has 7 heteroatoms. The van der Waals surface area contributed by atoms with Crippen LogP contribution in [0.15, 0.2) is 35.4 Å². The molecule has 0 N–H and O–H groups in total. The number of nitrogens with zero attached hydrogens (tertiary/aromatic N) is 3. The first-order valence-corrected chi connectivity index (χ1v) is 11.5. The first-order valence-electron chi connectivity index (χ1n) is 10.7. The van der Waals surface area contributed by atoms with Gasteiger partial charge in [0.25, 0.3) is 17.4 Å². The summed E-state index contributed by atoms with van der Waals surface area (Å²) in [5, 5.41) is 0.720. The Bertz CT molecular complexity index is 1250. The average molecular weight is 436 g/mol. The van der Waals surface area contributed by atoms with Gasteiger partial charge >= 0.3 is 0 Å². The summed E-state index contributed by atoms with van der Waals surface area (Å²) in [6, 6.07) is 6.83. The molecule has 5 rings (SSSR count). The number of carbonyl (C=O) groups is 2. The molecular formula is C24H25N3O3S. The molecule has 3 heterocycles. The lowest BCUT2D eigenvalue weighted by molar-refractivity contribution is 0.0648. The van der Waals surface area contributed by atoms with Gasteiger partial charge in [-0.3, -0.25) is 23.9 Å². The van der Waals surface area contributed by atoms with Crippen LogP contribution >= 0.6 is 11.3 Å². The van der Waals surface area contributed by atoms with E-state index >= 15 is 0 Å². The van der Waals surface area contributed by atoms with E-state index in [1.165, 1.54) is 14.3 Å². The molecule has 2 amide bonds. The molecule has 0 fully saturated rings. The van der Waals surface area contributed by atoms with Gasteiger partial charge in [0.2, 0.25) is 0 Å². The van der Waals surface area contributed by atoms with Crippen molar-refractivity contribution in [3.63, 3.8) is 0 Å². The molecule has 6 nitrogen and oxygen atoms in total. The number of fused-ring (bicyclic) bond motifs is 4. The maximum absolute atomic E-state index is 13.3. The molecule has 0 saturated carbocycles. The molecule has 1 aliphatic heterocycles. The molecule has 31 heavy (non-hydrogen) atoms. The number of amides is 2. The van der Waals surface area contributed by atoms with Gasteiger partial charge in [-0.1, -0.05) is 32.9 Å². The van der Waals surface area contributed by atoms with Gasteiger partial charge in [0, 0.05) is 18.0 Å². The van der Waals surface area contributed by atoms with Crippen molar-refractivity contribution in [1.82, 2.24) is 14.5 Å². The lowest BCUT2D eigenvalue weighted by Crippen LogP contribution is -2.35. The number of hydrogen-bond acceptors (Lipinski definition) is 5. The van der Waals surface area contributed by atoms with Crippen LogP contribution in [-0.2, 0) is 19.4 Å². The highest BCUT2D eigenvalue weighted by Crippen LogP contribution is 2.41. The predicted molar refractivity (Wildman–Crippen MR) is 121 cm³/mol. The molecule has 160 valence electrons. The highest BCUT2D eigenvalue weighted by molar-refractivity contribution is 7.18. The lowest BCUT2D eigenvalue weighted by Gasteiger charge is -2.33. The summed E-state index contributed by atoms with van der Waals surface area (Å²) < 4.78 is 1.54. The second-order valence-corrected chi connectivity index (χ2v) is 10.6. The van der Waals surface area contributed by atoms with Gasteiger partial charge < -0.3 is 0 Å². The molecule has 0 radical (unpaired) electrons. The van der Waals surface area contributed by atoms with Crippen molar-refractivity contribution in [3.05, 3.63) is 62.5 Å². The summed E-state index contributed by atoms with van der Waals surface area (Å²) in [5.41, 5.74) is 2.16. The fourth-order valence-corrected chi connectivity index (χ4v) is 6.01. The minimum absolute atomic E-state index is 0.0756. The van der Waals surface area contributed by atoms with Crippen LogP contribution in [-0.4, -0.2) is 32.8 Å². The molecule has 1 aromatic carbocycles. The van der Waals surface area contributed by atoms with Gasteiger partial charge in [0.15, 0.2) is 0 Å². The largest absolute Gasteiger partial charge is 0.297 e. The Morgan fingerprint density at radius 3 is 2.39 bits per heavy atom. The number of aryl methyl sites for hydroxylation is 1. The first kappa shape index (κ1) is 20.1. The number of rotatable bonds is 3. The van der Waals surface area contributed by atoms with E-state index in [0.717, 1.165) is 35.0 Å². The van der Waals surface area contributed by atoms with E-state index in [2.05, 4.69) is 25.8 Å². The average Bonchev–Trinajstić information content (AvgIpc) is 3.23. The maximum Gasteiger partial charge on any atom is 0.262 e. The first-order chi connectivity index (χ1) is 14.8. The third-order valence-corrected chi connectivity index (χ3v) is 7.87. The number of carbonyl (C=O) groups excluding carboxylic acids is 2. The molecule has 0 spiro atoms. The Morgan fingerprint density at radius 2 is 1.74 bits per heavy atom. The lowest BCUT2D eigenvalue weighted by atomic mass is 9.72. The highest BCUT2D eigenvalue weighted by Gasteiger charge is 2.35. The van der Waals surface area contributed by atoms with Gasteiger partial charge in [0.05, 0.1) is 22.8 Å². The van der Waals surface area contributed by atoms with Gasteiger partial charge in [-0.2, -0.15) is 0 Å². The van der Waals surface area contributed by atoms with Crippen LogP contribution in [0.25, 0.3) is 10.2 Å². The van der Waals surface area contributed by atoms with Crippen molar-refractivity contribution >= 4 is 33.4 Å². The zero-order chi connectivity index (χ0) is 21.9. The Labute approximate surface area is 184 Å². The zero-order valence-electron chi connectivity index (χ0n) is 18.0. The molecule has 1 unspecified atom stereocenters. The summed E-state index contributed by atoms with van der Waals surface area (Å²) in [4.78, 5) is 46.3. The number of thiophene rings is 1. The minimum Gasteiger partial charge on any atom is -0.297 e. The third kappa shape index (κ3) is 3.22. The molecule has 1 aliphatic carbocycles. The number of imide groups is 1. The van der Waals surface area contributed by atoms with Crippen LogP contribution in [0.3, 0.4) is 0 Å². The van der Waals surface area contributed by atoms with E-state index in [1.54, 1.807) is 41.9 Å². The molecule has 0 bridgehead atoms. The molecule has 1 atom stereocenters. The summed E-state index contributed by atoms with van der Waals surface area (Å²) in [7, 11) is 0. The summed E-state index contributed by atoms with van der Waals surface area (Å²) in [6.07, 6.45) is 4.52. The zero-order valence-corrected chi connectivity index (χ0v) is 18.8. The Hall–Kier alpha value is -2.80. The van der Waals surface area contributed by atoms with E-state index in [1.807, 2.05) is 0 Å². The van der Waals surface area contributed by atoms with Gasteiger partial charge in [-0.15, -0.1) is 11.3 Å². The molecule has 2 aromatic heterocycles. The highest BCUT2D eigenvalue weighted by atomic mass is 32.1. The van der Waals surface area contributed by atoms with E-state index in [9.17, 15) is 14.4 Å². The minimum atomic E-state index is -0.302. The quantitative estimate of drug-likeness (QED) is 0.585. The molecule has 2 aliphatic rings. The Morgan fingerprint density at radius 1 is 1.06 bits per heavy atom. The molecular weight excluding hydrogens is 410 g/mol. The van der Waals surface area contributed by atoms with Crippen LogP contribution < -0.4 is 5.56 Å². The smallest absolute Gasteiger partial charge is 0.262 e. The summed E-state index contributed by atoms with van der Waals surface area (Å²) in [5.74, 6) is -0.00301. The summed E-state index contributed by atoms with van der Waals surface area (Å²) in [6.45, 7) is 7.22. The Balaban J connectivity index is 1.41. The second-order valence-electron chi connectivity index (χ2n) is 9.54. The molecule has 0 saturated heterocycles. The second kappa shape index (κ2) is 7.12. The van der Waals surface area contributed by atoms with Crippen LogP contribution in [0, 0.1) is 11.3 Å². The Kier molecular flexibility index (Phi) is 4.62. The number of aromatic nitrogens is 2. The fraction of sp³-hybridized carbons (Fsp3) is 0.417. The van der Waals surface area contributed by atoms with Crippen LogP contribution in [0.1, 0.15) is 58.3 Å². The van der Waals surface area contributed by atoms with Crippen molar-refractivity contribution < 1.29 is 9.59 Å². The topological polar surface area (TPSA) is 72.3 Å². The number of benzene rings is 1. The van der Waals surface area contributed by atoms with Crippen LogP contribution in [0.2, 0.25) is 0 Å². The van der Waals surface area contributed by atoms with Crippen molar-refractivity contribution in [2.45, 2.75) is 46.6 Å². The van der Waals surface area contributed by atoms with Crippen molar-refractivity contribution in [1.29, 1.82) is 0 Å².